The third-order valence-corrected chi connectivity index (χ3v) is 5.01. The summed E-state index contributed by atoms with van der Waals surface area (Å²) in [7, 11) is 1.56. The van der Waals surface area contributed by atoms with Gasteiger partial charge in [0.05, 0.1) is 6.10 Å². The second-order valence-electron chi connectivity index (χ2n) is 6.50. The van der Waals surface area contributed by atoms with Crippen molar-refractivity contribution in [2.24, 2.45) is 5.73 Å². The molecule has 6 heteroatoms. The van der Waals surface area contributed by atoms with Crippen LogP contribution in [0.4, 0.5) is 4.39 Å². The molecule has 1 amide bonds. The first-order valence-corrected chi connectivity index (χ1v) is 10.4. The zero-order valence-corrected chi connectivity index (χ0v) is 18.1. The van der Waals surface area contributed by atoms with Gasteiger partial charge >= 0.3 is 0 Å². The standard InChI is InChI=1S/C18H24FN3O2.2C2H6/c1-11(24-2)17(20)18(23)22-7-3-4-14(22)8-12-10-21-16-9-13(19)5-6-15(12)16;2*1-2/h5-6,9-11,14,17,21H,3-4,7-8,20H2,1-2H3;2*1-2H3. The maximum atomic E-state index is 13.3. The number of halogens is 1. The second kappa shape index (κ2) is 11.8. The van der Waals surface area contributed by atoms with Gasteiger partial charge in [-0.05, 0) is 49.9 Å². The van der Waals surface area contributed by atoms with Crippen LogP contribution in [0.2, 0.25) is 0 Å². The number of aromatic nitrogens is 1. The maximum Gasteiger partial charge on any atom is 0.242 e. The summed E-state index contributed by atoms with van der Waals surface area (Å²) >= 11 is 0. The van der Waals surface area contributed by atoms with Gasteiger partial charge in [0.2, 0.25) is 5.91 Å². The highest BCUT2D eigenvalue weighted by atomic mass is 19.1. The molecule has 1 aliphatic heterocycles. The van der Waals surface area contributed by atoms with Crippen molar-refractivity contribution in [2.45, 2.75) is 72.1 Å². The largest absolute Gasteiger partial charge is 0.380 e. The van der Waals surface area contributed by atoms with Gasteiger partial charge in [-0.1, -0.05) is 27.7 Å². The van der Waals surface area contributed by atoms with E-state index in [1.165, 1.54) is 12.1 Å². The molecule has 2 aromatic rings. The van der Waals surface area contributed by atoms with E-state index in [-0.39, 0.29) is 23.9 Å². The summed E-state index contributed by atoms with van der Waals surface area (Å²) < 4.78 is 18.5. The SMILES string of the molecule is CC.CC.COC(C)C(N)C(=O)N1CCCC1Cc1c[nH]c2cc(F)ccc12. The van der Waals surface area contributed by atoms with E-state index < -0.39 is 6.04 Å². The third kappa shape index (κ3) is 5.55. The summed E-state index contributed by atoms with van der Waals surface area (Å²) in [6.45, 7) is 10.5. The van der Waals surface area contributed by atoms with Crippen LogP contribution < -0.4 is 5.73 Å². The molecule has 0 spiro atoms. The number of amides is 1. The van der Waals surface area contributed by atoms with Crippen LogP contribution >= 0.6 is 0 Å². The van der Waals surface area contributed by atoms with Crippen molar-refractivity contribution in [3.8, 4) is 0 Å². The van der Waals surface area contributed by atoms with Gasteiger partial charge in [0, 0.05) is 36.8 Å². The van der Waals surface area contributed by atoms with Gasteiger partial charge < -0.3 is 20.4 Å². The van der Waals surface area contributed by atoms with Crippen molar-refractivity contribution in [3.05, 3.63) is 35.8 Å². The number of fused-ring (bicyclic) bond motifs is 1. The molecule has 3 unspecified atom stereocenters. The number of benzene rings is 1. The highest BCUT2D eigenvalue weighted by Crippen LogP contribution is 2.26. The first-order valence-electron chi connectivity index (χ1n) is 10.4. The summed E-state index contributed by atoms with van der Waals surface area (Å²) in [5, 5.41) is 1.00. The van der Waals surface area contributed by atoms with E-state index >= 15 is 0 Å². The average Bonchev–Trinajstić information content (AvgIpc) is 3.36. The predicted molar refractivity (Wildman–Crippen MR) is 114 cm³/mol. The van der Waals surface area contributed by atoms with Crippen molar-refractivity contribution < 1.29 is 13.9 Å². The molecule has 3 rings (SSSR count). The van der Waals surface area contributed by atoms with Crippen molar-refractivity contribution in [1.29, 1.82) is 0 Å². The van der Waals surface area contributed by atoms with E-state index in [2.05, 4.69) is 4.98 Å². The number of aromatic amines is 1. The highest BCUT2D eigenvalue weighted by Gasteiger charge is 2.34. The van der Waals surface area contributed by atoms with E-state index in [0.29, 0.717) is 0 Å². The summed E-state index contributed by atoms with van der Waals surface area (Å²) in [5.41, 5.74) is 7.91. The van der Waals surface area contributed by atoms with E-state index in [9.17, 15) is 9.18 Å². The number of hydrogen-bond donors (Lipinski definition) is 2. The van der Waals surface area contributed by atoms with E-state index in [0.717, 1.165) is 42.3 Å². The number of methoxy groups -OCH3 is 1. The number of rotatable bonds is 5. The molecule has 3 N–H and O–H groups in total. The summed E-state index contributed by atoms with van der Waals surface area (Å²) in [4.78, 5) is 17.6. The number of H-pyrrole nitrogens is 1. The minimum Gasteiger partial charge on any atom is -0.380 e. The Balaban J connectivity index is 0.000000921. The zero-order valence-electron chi connectivity index (χ0n) is 18.1. The Bertz CT molecular complexity index is 732. The van der Waals surface area contributed by atoms with Crippen LogP contribution in [-0.2, 0) is 16.0 Å². The van der Waals surface area contributed by atoms with Crippen LogP contribution in [0.25, 0.3) is 10.9 Å². The average molecular weight is 394 g/mol. The van der Waals surface area contributed by atoms with Crippen molar-refractivity contribution in [1.82, 2.24) is 9.88 Å². The van der Waals surface area contributed by atoms with Crippen LogP contribution in [0.3, 0.4) is 0 Å². The number of nitrogens with two attached hydrogens (primary N) is 1. The lowest BCUT2D eigenvalue weighted by Gasteiger charge is -2.29. The summed E-state index contributed by atoms with van der Waals surface area (Å²) in [6, 6.07) is 4.22. The molecule has 0 bridgehead atoms. The number of hydrogen-bond acceptors (Lipinski definition) is 3. The molecule has 3 atom stereocenters. The van der Waals surface area contributed by atoms with Crippen molar-refractivity contribution >= 4 is 16.8 Å². The normalized spacial score (nSPS) is 18.0. The van der Waals surface area contributed by atoms with E-state index in [4.69, 9.17) is 10.5 Å². The maximum absolute atomic E-state index is 13.3. The van der Waals surface area contributed by atoms with Gasteiger partial charge in [0.1, 0.15) is 11.9 Å². The third-order valence-electron chi connectivity index (χ3n) is 5.01. The van der Waals surface area contributed by atoms with Crippen molar-refractivity contribution in [3.63, 3.8) is 0 Å². The quantitative estimate of drug-likeness (QED) is 0.797. The number of ether oxygens (including phenoxy) is 1. The minimum atomic E-state index is -0.646. The fraction of sp³-hybridized carbons (Fsp3) is 0.591. The molecular formula is C22H36FN3O2. The van der Waals surface area contributed by atoms with Crippen LogP contribution in [-0.4, -0.2) is 47.6 Å². The van der Waals surface area contributed by atoms with E-state index in [1.807, 2.05) is 45.7 Å². The molecule has 1 aromatic carbocycles. The van der Waals surface area contributed by atoms with E-state index in [1.54, 1.807) is 13.2 Å². The highest BCUT2D eigenvalue weighted by molar-refractivity contribution is 5.84. The molecule has 0 aliphatic carbocycles. The molecule has 0 saturated carbocycles. The fourth-order valence-electron chi connectivity index (χ4n) is 3.46. The molecule has 1 saturated heterocycles. The van der Waals surface area contributed by atoms with Crippen molar-refractivity contribution in [2.75, 3.05) is 13.7 Å². The Morgan fingerprint density at radius 2 is 2.04 bits per heavy atom. The number of nitrogens with one attached hydrogen (secondary N) is 1. The Morgan fingerprint density at radius 1 is 1.36 bits per heavy atom. The lowest BCUT2D eigenvalue weighted by atomic mass is 10.0. The predicted octanol–water partition coefficient (Wildman–Crippen LogP) is 4.26. The smallest absolute Gasteiger partial charge is 0.242 e. The molecule has 1 fully saturated rings. The number of nitrogens with zero attached hydrogens (tertiary/aromatic N) is 1. The second-order valence-corrected chi connectivity index (χ2v) is 6.50. The fourth-order valence-corrected chi connectivity index (χ4v) is 3.46. The zero-order chi connectivity index (χ0) is 21.3. The monoisotopic (exact) mass is 393 g/mol. The number of carbonyl (C=O) groups is 1. The van der Waals surface area contributed by atoms with Gasteiger partial charge in [-0.15, -0.1) is 0 Å². The lowest BCUT2D eigenvalue weighted by molar-refractivity contribution is -0.136. The van der Waals surface area contributed by atoms with Crippen LogP contribution in [0.5, 0.6) is 0 Å². The topological polar surface area (TPSA) is 71.3 Å². The van der Waals surface area contributed by atoms with Gasteiger partial charge in [0.15, 0.2) is 0 Å². The van der Waals surface area contributed by atoms with Gasteiger partial charge in [0.25, 0.3) is 0 Å². The minimum absolute atomic E-state index is 0.0577. The number of carbonyl (C=O) groups excluding carboxylic acids is 1. The summed E-state index contributed by atoms with van der Waals surface area (Å²) in [5.74, 6) is -0.314. The van der Waals surface area contributed by atoms with Gasteiger partial charge in [-0.2, -0.15) is 0 Å². The van der Waals surface area contributed by atoms with Gasteiger partial charge in [-0.3, -0.25) is 4.79 Å². The molecule has 5 nitrogen and oxygen atoms in total. The van der Waals surface area contributed by atoms with Crippen LogP contribution in [0, 0.1) is 5.82 Å². The first-order chi connectivity index (χ1) is 13.5. The Kier molecular flexibility index (Phi) is 10.2. The van der Waals surface area contributed by atoms with Crippen LogP contribution in [0.15, 0.2) is 24.4 Å². The molecule has 2 heterocycles. The van der Waals surface area contributed by atoms with Gasteiger partial charge in [-0.25, -0.2) is 4.39 Å². The lowest BCUT2D eigenvalue weighted by Crippen LogP contribution is -2.51. The molecule has 1 aliphatic rings. The summed E-state index contributed by atoms with van der Waals surface area (Å²) in [6.07, 6.45) is 4.26. The Morgan fingerprint density at radius 3 is 2.68 bits per heavy atom. The Labute approximate surface area is 168 Å². The Hall–Kier alpha value is -1.92. The molecular weight excluding hydrogens is 357 g/mol. The molecule has 158 valence electrons. The molecule has 28 heavy (non-hydrogen) atoms. The molecule has 0 radical (unpaired) electrons. The molecule has 1 aromatic heterocycles. The van der Waals surface area contributed by atoms with Crippen LogP contribution in [0.1, 0.15) is 53.0 Å². The first kappa shape index (κ1) is 24.1. The number of likely N-dealkylation sites (tertiary alicyclic amines) is 1.